The summed E-state index contributed by atoms with van der Waals surface area (Å²) in [6, 6.07) is 26.1. The van der Waals surface area contributed by atoms with Crippen molar-refractivity contribution in [3.8, 4) is 0 Å². The number of hydrogen-bond acceptors (Lipinski definition) is 4. The van der Waals surface area contributed by atoms with Crippen molar-refractivity contribution in [2.24, 2.45) is 0 Å². The van der Waals surface area contributed by atoms with E-state index in [1.807, 2.05) is 0 Å². The zero-order valence-corrected chi connectivity index (χ0v) is 19.8. The van der Waals surface area contributed by atoms with E-state index in [-0.39, 0.29) is 22.9 Å². The minimum absolute atomic E-state index is 0.188. The molecular formula is C30H20N2O6. The normalized spacial score (nSPS) is 10.7. The topological polar surface area (TPSA) is 133 Å². The van der Waals surface area contributed by atoms with Gasteiger partial charge in [-0.05, 0) is 94.3 Å². The van der Waals surface area contributed by atoms with Crippen LogP contribution >= 0.6 is 0 Å². The highest BCUT2D eigenvalue weighted by Crippen LogP contribution is 2.23. The van der Waals surface area contributed by atoms with E-state index in [1.54, 1.807) is 84.9 Å². The third-order valence-electron chi connectivity index (χ3n) is 6.10. The lowest BCUT2D eigenvalue weighted by atomic mass is 10.1. The Bertz CT molecular complexity index is 1630. The van der Waals surface area contributed by atoms with Gasteiger partial charge in [-0.3, -0.25) is 9.59 Å². The maximum Gasteiger partial charge on any atom is 0.335 e. The molecule has 5 rings (SSSR count). The van der Waals surface area contributed by atoms with E-state index in [4.69, 9.17) is 10.2 Å². The molecule has 0 aromatic heterocycles. The highest BCUT2D eigenvalue weighted by Gasteiger charge is 2.12. The zero-order valence-electron chi connectivity index (χ0n) is 19.8. The molecule has 0 unspecified atom stereocenters. The summed E-state index contributed by atoms with van der Waals surface area (Å²) in [4.78, 5) is 47.8. The molecule has 2 amide bonds. The molecule has 0 aliphatic carbocycles. The van der Waals surface area contributed by atoms with Crippen LogP contribution in [0.3, 0.4) is 0 Å². The number of carboxylic acids is 2. The van der Waals surface area contributed by atoms with Gasteiger partial charge in [0.2, 0.25) is 0 Å². The number of carboxylic acid groups (broad SMARTS) is 2. The van der Waals surface area contributed by atoms with Crippen LogP contribution in [0.1, 0.15) is 41.4 Å². The van der Waals surface area contributed by atoms with Crippen LogP contribution in [0.4, 0.5) is 11.4 Å². The Labute approximate surface area is 216 Å². The lowest BCUT2D eigenvalue weighted by Crippen LogP contribution is -2.14. The van der Waals surface area contributed by atoms with E-state index in [0.29, 0.717) is 22.5 Å². The number of anilines is 2. The maximum absolute atomic E-state index is 12.7. The smallest absolute Gasteiger partial charge is 0.335 e. The minimum Gasteiger partial charge on any atom is -0.478 e. The number of rotatable bonds is 6. The minimum atomic E-state index is -1.00. The molecule has 0 fully saturated rings. The van der Waals surface area contributed by atoms with Gasteiger partial charge in [-0.15, -0.1) is 0 Å². The highest BCUT2D eigenvalue weighted by molar-refractivity contribution is 6.08. The van der Waals surface area contributed by atoms with Crippen molar-refractivity contribution in [3.05, 3.63) is 119 Å². The number of fused-ring (bicyclic) bond motifs is 2. The molecule has 5 aromatic carbocycles. The van der Waals surface area contributed by atoms with Gasteiger partial charge in [-0.25, -0.2) is 9.59 Å². The largest absolute Gasteiger partial charge is 0.478 e. The average molecular weight is 504 g/mol. The van der Waals surface area contributed by atoms with Gasteiger partial charge in [-0.1, -0.05) is 24.3 Å². The summed E-state index contributed by atoms with van der Waals surface area (Å²) < 4.78 is 0. The van der Waals surface area contributed by atoms with Crippen LogP contribution in [0.25, 0.3) is 21.5 Å². The van der Waals surface area contributed by atoms with Gasteiger partial charge in [-0.2, -0.15) is 0 Å². The van der Waals surface area contributed by atoms with Gasteiger partial charge in [0.1, 0.15) is 0 Å². The number of amides is 2. The molecule has 8 heteroatoms. The number of hydrogen-bond donors (Lipinski definition) is 4. The molecule has 186 valence electrons. The van der Waals surface area contributed by atoms with Gasteiger partial charge in [0.05, 0.1) is 11.1 Å². The molecule has 8 nitrogen and oxygen atoms in total. The molecule has 0 aliphatic rings. The Balaban J connectivity index is 1.26. The second-order valence-electron chi connectivity index (χ2n) is 8.65. The van der Waals surface area contributed by atoms with E-state index >= 15 is 0 Å². The summed E-state index contributed by atoms with van der Waals surface area (Å²) in [7, 11) is 0. The third-order valence-corrected chi connectivity index (χ3v) is 6.10. The number of benzene rings is 5. The molecule has 5 aromatic rings. The molecule has 0 bridgehead atoms. The molecule has 0 spiro atoms. The highest BCUT2D eigenvalue weighted by atomic mass is 16.4. The molecular weight excluding hydrogens is 484 g/mol. The second-order valence-corrected chi connectivity index (χ2v) is 8.65. The number of aromatic carboxylic acids is 2. The van der Waals surface area contributed by atoms with Gasteiger partial charge in [0.15, 0.2) is 0 Å². The molecule has 0 atom stereocenters. The predicted octanol–water partition coefficient (Wildman–Crippen LogP) is 5.89. The van der Waals surface area contributed by atoms with Crippen molar-refractivity contribution in [2.75, 3.05) is 10.6 Å². The average Bonchev–Trinajstić information content (AvgIpc) is 2.92. The lowest BCUT2D eigenvalue weighted by molar-refractivity contribution is 0.0686. The van der Waals surface area contributed by atoms with Gasteiger partial charge in [0, 0.05) is 22.5 Å². The fourth-order valence-corrected chi connectivity index (χ4v) is 4.09. The standard InChI is InChI=1S/C30H20N2O6/c33-27(31-25-11-9-19-13-23(29(35)36)7-5-21(19)15-25)17-1-2-18(4-3-17)28(34)32-26-12-10-20-14-24(30(37)38)8-6-22(20)16-26/h1-16H,(H,31,33)(H,32,34)(H,35,36)(H,37,38). The van der Waals surface area contributed by atoms with Crippen LogP contribution in [-0.4, -0.2) is 34.0 Å². The van der Waals surface area contributed by atoms with Crippen LogP contribution < -0.4 is 10.6 Å². The molecule has 0 saturated heterocycles. The fourth-order valence-electron chi connectivity index (χ4n) is 4.09. The van der Waals surface area contributed by atoms with Gasteiger partial charge >= 0.3 is 11.9 Å². The number of carbonyl (C=O) groups is 4. The zero-order chi connectivity index (χ0) is 26.8. The third kappa shape index (κ3) is 5.05. The quantitative estimate of drug-likeness (QED) is 0.228. The van der Waals surface area contributed by atoms with Crippen molar-refractivity contribution in [2.45, 2.75) is 0 Å². The molecule has 0 saturated carbocycles. The first kappa shape index (κ1) is 24.2. The summed E-state index contributed by atoms with van der Waals surface area (Å²) in [5.74, 6) is -2.72. The second kappa shape index (κ2) is 9.87. The van der Waals surface area contributed by atoms with E-state index in [9.17, 15) is 19.2 Å². The Morgan fingerprint density at radius 1 is 0.421 bits per heavy atom. The Kier molecular flexibility index (Phi) is 6.28. The van der Waals surface area contributed by atoms with Crippen LogP contribution in [0.5, 0.6) is 0 Å². The molecule has 0 radical (unpaired) electrons. The summed E-state index contributed by atoms with van der Waals surface area (Å²) in [6.07, 6.45) is 0. The Morgan fingerprint density at radius 2 is 0.737 bits per heavy atom. The van der Waals surface area contributed by atoms with Gasteiger partial charge < -0.3 is 20.8 Å². The van der Waals surface area contributed by atoms with Crippen molar-refractivity contribution in [1.82, 2.24) is 0 Å². The monoisotopic (exact) mass is 504 g/mol. The summed E-state index contributed by atoms with van der Waals surface area (Å²) in [6.45, 7) is 0. The summed E-state index contributed by atoms with van der Waals surface area (Å²) in [5, 5.41) is 27.0. The summed E-state index contributed by atoms with van der Waals surface area (Å²) >= 11 is 0. The first-order valence-corrected chi connectivity index (χ1v) is 11.5. The van der Waals surface area contributed by atoms with Crippen LogP contribution in [0.15, 0.2) is 97.1 Å². The van der Waals surface area contributed by atoms with Gasteiger partial charge in [0.25, 0.3) is 11.8 Å². The fraction of sp³-hybridized carbons (Fsp3) is 0. The van der Waals surface area contributed by atoms with E-state index in [2.05, 4.69) is 10.6 Å². The molecule has 0 aliphatic heterocycles. The summed E-state index contributed by atoms with van der Waals surface area (Å²) in [5.41, 5.74) is 2.21. The Morgan fingerprint density at radius 3 is 1.11 bits per heavy atom. The predicted molar refractivity (Wildman–Crippen MR) is 144 cm³/mol. The number of nitrogens with one attached hydrogen (secondary N) is 2. The number of carbonyl (C=O) groups excluding carboxylic acids is 2. The van der Waals surface area contributed by atoms with Crippen LogP contribution in [0.2, 0.25) is 0 Å². The van der Waals surface area contributed by atoms with E-state index in [0.717, 1.165) is 21.5 Å². The van der Waals surface area contributed by atoms with Crippen LogP contribution in [0, 0.1) is 0 Å². The van der Waals surface area contributed by atoms with Crippen LogP contribution in [-0.2, 0) is 0 Å². The lowest BCUT2D eigenvalue weighted by Gasteiger charge is -2.09. The molecule has 0 heterocycles. The first-order valence-electron chi connectivity index (χ1n) is 11.5. The maximum atomic E-state index is 12.7. The van der Waals surface area contributed by atoms with Crippen molar-refractivity contribution in [1.29, 1.82) is 0 Å². The molecule has 4 N–H and O–H groups in total. The van der Waals surface area contributed by atoms with Crippen molar-refractivity contribution in [3.63, 3.8) is 0 Å². The van der Waals surface area contributed by atoms with E-state index < -0.39 is 11.9 Å². The Hall–Kier alpha value is -5.50. The SMILES string of the molecule is O=C(O)c1ccc2cc(NC(=O)c3ccc(C(=O)Nc4ccc5cc(C(=O)O)ccc5c4)cc3)ccc2c1. The van der Waals surface area contributed by atoms with Crippen molar-refractivity contribution < 1.29 is 29.4 Å². The molecule has 38 heavy (non-hydrogen) atoms. The van der Waals surface area contributed by atoms with Crippen molar-refractivity contribution >= 4 is 56.7 Å². The van der Waals surface area contributed by atoms with E-state index in [1.165, 1.54) is 12.1 Å². The first-order chi connectivity index (χ1) is 18.3.